The van der Waals surface area contributed by atoms with Gasteiger partial charge in [-0.2, -0.15) is 26.3 Å². The van der Waals surface area contributed by atoms with Crippen LogP contribution in [0.3, 0.4) is 0 Å². The molecule has 0 aliphatic carbocycles. The maximum absolute atomic E-state index is 10.6. The third-order valence-electron chi connectivity index (χ3n) is 6.34. The van der Waals surface area contributed by atoms with E-state index in [9.17, 15) is 26.3 Å². The first-order valence-electron chi connectivity index (χ1n) is 12.3. The van der Waals surface area contributed by atoms with Gasteiger partial charge in [0.05, 0.1) is 18.8 Å². The Morgan fingerprint density at radius 3 is 2.13 bits per heavy atom. The maximum Gasteiger partial charge on any atom is 0.490 e. The number of hydrogen-bond acceptors (Lipinski definition) is 7. The zero-order chi connectivity index (χ0) is 29.1. The summed E-state index contributed by atoms with van der Waals surface area (Å²) in [5.74, 6) is -4.84. The number of fused-ring (bicyclic) bond motifs is 1. The van der Waals surface area contributed by atoms with Crippen LogP contribution in [0.4, 0.5) is 26.3 Å². The van der Waals surface area contributed by atoms with Gasteiger partial charge in [-0.1, -0.05) is 6.07 Å². The summed E-state index contributed by atoms with van der Waals surface area (Å²) in [7, 11) is 0. The molecule has 3 saturated heterocycles. The molecule has 0 unspecified atom stereocenters. The van der Waals surface area contributed by atoms with Crippen molar-refractivity contribution in [2.75, 3.05) is 33.0 Å². The van der Waals surface area contributed by atoms with Crippen molar-refractivity contribution in [1.29, 1.82) is 0 Å². The van der Waals surface area contributed by atoms with Gasteiger partial charge in [0.1, 0.15) is 0 Å². The number of ether oxygens (including phenoxy) is 3. The molecule has 9 nitrogen and oxygen atoms in total. The SMILES string of the molecule is O=C(O)C(F)(F)F.O=C(O)C(F)(F)F.c1cncc(CN2CC[C@@H]3O[C@H](COCC4CCOCC4)CC[C@@H]32)c1. The lowest BCUT2D eigenvalue weighted by Crippen LogP contribution is -2.43. The van der Waals surface area contributed by atoms with Crippen molar-refractivity contribution in [2.45, 2.75) is 69.3 Å². The van der Waals surface area contributed by atoms with E-state index in [0.717, 1.165) is 65.2 Å². The summed E-state index contributed by atoms with van der Waals surface area (Å²) in [4.78, 5) is 24.6. The number of carbonyl (C=O) groups is 2. The van der Waals surface area contributed by atoms with Gasteiger partial charge in [0.2, 0.25) is 0 Å². The van der Waals surface area contributed by atoms with Crippen molar-refractivity contribution in [3.8, 4) is 0 Å². The monoisotopic (exact) mass is 574 g/mol. The van der Waals surface area contributed by atoms with Gasteiger partial charge in [0, 0.05) is 51.3 Å². The number of carboxylic acids is 2. The van der Waals surface area contributed by atoms with Gasteiger partial charge >= 0.3 is 24.3 Å². The molecule has 39 heavy (non-hydrogen) atoms. The Bertz CT molecular complexity index is 858. The lowest BCUT2D eigenvalue weighted by molar-refractivity contribution is -0.193. The van der Waals surface area contributed by atoms with Crippen molar-refractivity contribution in [2.24, 2.45) is 5.92 Å². The van der Waals surface area contributed by atoms with E-state index in [1.54, 1.807) is 0 Å². The zero-order valence-electron chi connectivity index (χ0n) is 21.0. The van der Waals surface area contributed by atoms with E-state index in [2.05, 4.69) is 16.0 Å². The number of pyridine rings is 1. The second-order valence-corrected chi connectivity index (χ2v) is 9.26. The quantitative estimate of drug-likeness (QED) is 0.488. The van der Waals surface area contributed by atoms with Gasteiger partial charge in [-0.25, -0.2) is 9.59 Å². The number of hydrogen-bond donors (Lipinski definition) is 2. The number of nitrogens with zero attached hydrogens (tertiary/aromatic N) is 2. The van der Waals surface area contributed by atoms with Crippen molar-refractivity contribution in [3.05, 3.63) is 30.1 Å². The molecule has 3 aliphatic rings. The molecular weight excluding hydrogens is 542 g/mol. The molecule has 0 amide bonds. The predicted molar refractivity (Wildman–Crippen MR) is 123 cm³/mol. The van der Waals surface area contributed by atoms with Crippen LogP contribution in [0.25, 0.3) is 0 Å². The average Bonchev–Trinajstić information content (AvgIpc) is 3.27. The van der Waals surface area contributed by atoms with E-state index in [0.29, 0.717) is 18.1 Å². The number of halogens is 6. The topological polar surface area (TPSA) is 118 Å². The molecule has 0 radical (unpaired) electrons. The number of carboxylic acid groups (broad SMARTS) is 2. The van der Waals surface area contributed by atoms with Gasteiger partial charge in [-0.15, -0.1) is 0 Å². The van der Waals surface area contributed by atoms with Crippen LogP contribution in [0.5, 0.6) is 0 Å². The Hall–Kier alpha value is -2.49. The summed E-state index contributed by atoms with van der Waals surface area (Å²) in [6, 6.07) is 4.75. The number of likely N-dealkylation sites (tertiary alicyclic amines) is 1. The minimum absolute atomic E-state index is 0.277. The Balaban J connectivity index is 0.000000317. The largest absolute Gasteiger partial charge is 0.490 e. The van der Waals surface area contributed by atoms with Gasteiger partial charge in [-0.05, 0) is 49.7 Å². The van der Waals surface area contributed by atoms with Crippen molar-refractivity contribution in [3.63, 3.8) is 0 Å². The van der Waals surface area contributed by atoms with Crippen LogP contribution in [0, 0.1) is 5.92 Å². The molecule has 0 spiro atoms. The van der Waals surface area contributed by atoms with Crippen LogP contribution in [0.15, 0.2) is 24.5 Å². The van der Waals surface area contributed by atoms with Gasteiger partial charge in [-0.3, -0.25) is 9.88 Å². The fourth-order valence-electron chi connectivity index (χ4n) is 4.41. The van der Waals surface area contributed by atoms with Crippen LogP contribution >= 0.6 is 0 Å². The summed E-state index contributed by atoms with van der Waals surface area (Å²) in [5, 5.41) is 14.2. The number of rotatable bonds is 6. The van der Waals surface area contributed by atoms with E-state index >= 15 is 0 Å². The molecule has 0 saturated carbocycles. The highest BCUT2D eigenvalue weighted by atomic mass is 19.4. The van der Waals surface area contributed by atoms with E-state index in [1.807, 2.05) is 18.5 Å². The van der Waals surface area contributed by atoms with Crippen LogP contribution < -0.4 is 0 Å². The molecule has 2 N–H and O–H groups in total. The molecule has 4 heterocycles. The Kier molecular flexibility index (Phi) is 12.9. The summed E-state index contributed by atoms with van der Waals surface area (Å²) >= 11 is 0. The molecule has 3 fully saturated rings. The lowest BCUT2D eigenvalue weighted by Gasteiger charge is -2.36. The fourth-order valence-corrected chi connectivity index (χ4v) is 4.41. The van der Waals surface area contributed by atoms with E-state index in [-0.39, 0.29) is 6.10 Å². The Morgan fingerprint density at radius 1 is 0.974 bits per heavy atom. The van der Waals surface area contributed by atoms with Crippen LogP contribution in [-0.2, 0) is 30.3 Å². The molecule has 1 aromatic heterocycles. The number of aromatic nitrogens is 1. The first kappa shape index (κ1) is 32.7. The molecule has 3 atom stereocenters. The molecule has 1 aromatic rings. The summed E-state index contributed by atoms with van der Waals surface area (Å²) < 4.78 is 81.2. The normalized spacial score (nSPS) is 24.0. The smallest absolute Gasteiger partial charge is 0.475 e. The first-order chi connectivity index (χ1) is 18.3. The number of aliphatic carboxylic acids is 2. The van der Waals surface area contributed by atoms with Crippen molar-refractivity contribution < 1.29 is 60.4 Å². The molecule has 0 aromatic carbocycles. The van der Waals surface area contributed by atoms with E-state index in [4.69, 9.17) is 34.0 Å². The summed E-state index contributed by atoms with van der Waals surface area (Å²) in [5.41, 5.74) is 1.30. The second kappa shape index (κ2) is 15.3. The van der Waals surface area contributed by atoms with Gasteiger partial charge in [0.15, 0.2) is 0 Å². The minimum atomic E-state index is -5.08. The van der Waals surface area contributed by atoms with Crippen LogP contribution in [0.2, 0.25) is 0 Å². The minimum Gasteiger partial charge on any atom is -0.475 e. The Labute approximate surface area is 221 Å². The fraction of sp³-hybridized carbons (Fsp3) is 0.708. The molecule has 222 valence electrons. The predicted octanol–water partition coefficient (Wildman–Crippen LogP) is 3.91. The zero-order valence-corrected chi connectivity index (χ0v) is 21.0. The maximum atomic E-state index is 10.6. The van der Waals surface area contributed by atoms with Gasteiger partial charge in [0.25, 0.3) is 0 Å². The standard InChI is InChI=1S/C20H30N2O3.2C2HF3O2/c1-2-17(12-21-8-1)13-22-9-5-20-19(22)4-3-18(25-20)15-24-14-16-6-10-23-11-7-16;2*3-2(4,5)1(6)7/h1-2,8,12,16,18-20H,3-7,9-11,13-15H2;2*(H,6,7)/t18-,19-,20-;;/m0../s1. The number of alkyl halides is 6. The first-order valence-corrected chi connectivity index (χ1v) is 12.3. The average molecular weight is 575 g/mol. The molecule has 15 heteroatoms. The highest BCUT2D eigenvalue weighted by Crippen LogP contribution is 2.32. The van der Waals surface area contributed by atoms with E-state index < -0.39 is 24.3 Å². The van der Waals surface area contributed by atoms with E-state index in [1.165, 1.54) is 12.0 Å². The van der Waals surface area contributed by atoms with Crippen LogP contribution in [0.1, 0.15) is 37.7 Å². The Morgan fingerprint density at radius 2 is 1.59 bits per heavy atom. The highest BCUT2D eigenvalue weighted by Gasteiger charge is 2.40. The summed E-state index contributed by atoms with van der Waals surface area (Å²) in [6.45, 7) is 5.52. The summed E-state index contributed by atoms with van der Waals surface area (Å²) in [6.07, 6.45) is 0.0471. The highest BCUT2D eigenvalue weighted by molar-refractivity contribution is 5.73. The van der Waals surface area contributed by atoms with Gasteiger partial charge < -0.3 is 24.4 Å². The third-order valence-corrected chi connectivity index (χ3v) is 6.34. The van der Waals surface area contributed by atoms with Crippen molar-refractivity contribution in [1.82, 2.24) is 9.88 Å². The van der Waals surface area contributed by atoms with Crippen LogP contribution in [-0.4, -0.2) is 95.6 Å². The lowest BCUT2D eigenvalue weighted by atomic mass is 9.99. The molecule has 4 rings (SSSR count). The third kappa shape index (κ3) is 12.1. The second-order valence-electron chi connectivity index (χ2n) is 9.26. The van der Waals surface area contributed by atoms with Crippen molar-refractivity contribution >= 4 is 11.9 Å². The molecular formula is C24H32F6N2O7. The molecule has 3 aliphatic heterocycles. The molecule has 0 bridgehead atoms.